The highest BCUT2D eigenvalue weighted by Gasteiger charge is 2.53. The van der Waals surface area contributed by atoms with Crippen LogP contribution in [0.1, 0.15) is 48.9 Å². The van der Waals surface area contributed by atoms with Crippen molar-refractivity contribution in [2.45, 2.75) is 62.8 Å². The van der Waals surface area contributed by atoms with Crippen molar-refractivity contribution in [2.24, 2.45) is 11.7 Å². The molecule has 0 radical (unpaired) electrons. The van der Waals surface area contributed by atoms with Crippen LogP contribution in [0.2, 0.25) is 0 Å². The van der Waals surface area contributed by atoms with Gasteiger partial charge in [-0.15, -0.1) is 0 Å². The molecule has 4 aliphatic rings. The lowest BCUT2D eigenvalue weighted by molar-refractivity contribution is -0.141. The lowest BCUT2D eigenvalue weighted by Gasteiger charge is -2.38. The Bertz CT molecular complexity index is 1040. The number of benzene rings is 1. The van der Waals surface area contributed by atoms with E-state index < -0.39 is 12.1 Å². The number of rotatable bonds is 4. The maximum atomic E-state index is 13.3. The van der Waals surface area contributed by atoms with E-state index in [0.717, 1.165) is 31.4 Å². The maximum Gasteiger partial charge on any atom is 0.241 e. The second kappa shape index (κ2) is 7.88. The Morgan fingerprint density at radius 3 is 2.78 bits per heavy atom. The minimum absolute atomic E-state index is 0.0696. The van der Waals surface area contributed by atoms with E-state index in [1.807, 2.05) is 30.0 Å². The number of nitrogens with zero attached hydrogens (tertiary/aromatic N) is 5. The number of carbonyl (C=O) groups excluding carboxylic acids is 2. The summed E-state index contributed by atoms with van der Waals surface area (Å²) in [4.78, 5) is 31.9. The van der Waals surface area contributed by atoms with Gasteiger partial charge in [-0.2, -0.15) is 10.5 Å². The molecular weight excluding hydrogens is 404 g/mol. The Labute approximate surface area is 188 Å². The van der Waals surface area contributed by atoms with Crippen LogP contribution in [-0.2, 0) is 16.0 Å². The van der Waals surface area contributed by atoms with Gasteiger partial charge in [0, 0.05) is 25.7 Å². The molecule has 3 fully saturated rings. The third kappa shape index (κ3) is 3.26. The molecule has 32 heavy (non-hydrogen) atoms. The monoisotopic (exact) mass is 432 g/mol. The number of nitrogens with two attached hydrogens (primary N) is 1. The summed E-state index contributed by atoms with van der Waals surface area (Å²) >= 11 is 0. The van der Waals surface area contributed by atoms with E-state index >= 15 is 0 Å². The lowest BCUT2D eigenvalue weighted by Crippen LogP contribution is -2.56. The summed E-state index contributed by atoms with van der Waals surface area (Å²) in [6.45, 7) is 3.67. The number of hydrogen-bond donors (Lipinski definition) is 1. The van der Waals surface area contributed by atoms with Crippen molar-refractivity contribution in [3.05, 3.63) is 34.9 Å². The molecule has 5 rings (SSSR count). The smallest absolute Gasteiger partial charge is 0.241 e. The zero-order valence-electron chi connectivity index (χ0n) is 18.3. The van der Waals surface area contributed by atoms with Crippen LogP contribution < -0.4 is 5.73 Å². The Balaban J connectivity index is 1.25. The van der Waals surface area contributed by atoms with Gasteiger partial charge < -0.3 is 15.5 Å². The first-order chi connectivity index (χ1) is 15.4. The quantitative estimate of drug-likeness (QED) is 0.756. The van der Waals surface area contributed by atoms with Crippen LogP contribution in [0.5, 0.6) is 0 Å². The Kier molecular flexibility index (Phi) is 5.16. The van der Waals surface area contributed by atoms with Crippen LogP contribution >= 0.6 is 0 Å². The average molecular weight is 433 g/mol. The normalized spacial score (nSPS) is 32.1. The number of fused-ring (bicyclic) bond motifs is 3. The highest BCUT2D eigenvalue weighted by molar-refractivity contribution is 5.87. The first-order valence-corrected chi connectivity index (χ1v) is 11.5. The highest BCUT2D eigenvalue weighted by atomic mass is 16.2. The molecule has 3 aliphatic heterocycles. The first-order valence-electron chi connectivity index (χ1n) is 11.5. The molecule has 2 N–H and O–H groups in total. The molecule has 3 heterocycles. The van der Waals surface area contributed by atoms with E-state index in [0.29, 0.717) is 31.0 Å². The Morgan fingerprint density at radius 2 is 2.06 bits per heavy atom. The minimum atomic E-state index is -0.728. The van der Waals surface area contributed by atoms with E-state index in [1.54, 1.807) is 4.90 Å². The van der Waals surface area contributed by atoms with Gasteiger partial charge in [-0.3, -0.25) is 14.5 Å². The van der Waals surface area contributed by atoms with Crippen molar-refractivity contribution >= 4 is 11.8 Å². The van der Waals surface area contributed by atoms with E-state index in [4.69, 9.17) is 11.0 Å². The largest absolute Gasteiger partial charge is 0.330 e. The summed E-state index contributed by atoms with van der Waals surface area (Å²) in [5.41, 5.74) is 9.26. The minimum Gasteiger partial charge on any atom is -0.330 e. The van der Waals surface area contributed by atoms with Crippen LogP contribution in [0.25, 0.3) is 0 Å². The third-order valence-corrected chi connectivity index (χ3v) is 7.66. The molecule has 1 aliphatic carbocycles. The topological polar surface area (TPSA) is 117 Å². The van der Waals surface area contributed by atoms with Crippen molar-refractivity contribution in [1.29, 1.82) is 10.5 Å². The fraction of sp³-hybridized carbons (Fsp3) is 0.583. The molecule has 0 saturated carbocycles. The number of piperazine rings is 1. The zero-order valence-corrected chi connectivity index (χ0v) is 18.3. The van der Waals surface area contributed by atoms with Gasteiger partial charge in [-0.25, -0.2) is 0 Å². The maximum absolute atomic E-state index is 13.3. The van der Waals surface area contributed by atoms with E-state index in [9.17, 15) is 14.9 Å². The summed E-state index contributed by atoms with van der Waals surface area (Å²) in [6, 6.07) is 9.02. The first kappa shape index (κ1) is 20.9. The Hall–Kier alpha value is -2.94. The van der Waals surface area contributed by atoms with Crippen LogP contribution in [0.15, 0.2) is 18.2 Å². The van der Waals surface area contributed by atoms with E-state index in [2.05, 4.69) is 17.0 Å². The van der Waals surface area contributed by atoms with Gasteiger partial charge in [0.1, 0.15) is 6.04 Å². The van der Waals surface area contributed by atoms with Gasteiger partial charge >= 0.3 is 0 Å². The second-order valence-corrected chi connectivity index (χ2v) is 9.77. The van der Waals surface area contributed by atoms with Crippen molar-refractivity contribution in [3.63, 3.8) is 0 Å². The molecule has 6 atom stereocenters. The van der Waals surface area contributed by atoms with Crippen molar-refractivity contribution in [2.75, 3.05) is 19.6 Å². The molecule has 1 aromatic carbocycles. The number of nitriles is 2. The van der Waals surface area contributed by atoms with Gasteiger partial charge in [0.05, 0.1) is 35.8 Å². The predicted octanol–water partition coefficient (Wildman–Crippen LogP) is 0.919. The van der Waals surface area contributed by atoms with Gasteiger partial charge in [0.15, 0.2) is 0 Å². The van der Waals surface area contributed by atoms with Gasteiger partial charge in [-0.05, 0) is 54.9 Å². The molecule has 2 amide bonds. The SMILES string of the molecule is CC1CC(C#N)N(C(=O)C(N)CN2C[C@@H]3CC2C(=O)N3[C@H]2CCc3cc(C#N)ccc32)C1. The van der Waals surface area contributed by atoms with Crippen molar-refractivity contribution in [1.82, 2.24) is 14.7 Å². The summed E-state index contributed by atoms with van der Waals surface area (Å²) < 4.78 is 0. The van der Waals surface area contributed by atoms with Crippen molar-refractivity contribution in [3.8, 4) is 12.1 Å². The van der Waals surface area contributed by atoms with E-state index in [-0.39, 0.29) is 29.9 Å². The molecule has 166 valence electrons. The summed E-state index contributed by atoms with van der Waals surface area (Å²) in [6.07, 6.45) is 3.23. The number of aryl methyl sites for hydroxylation is 1. The van der Waals surface area contributed by atoms with Crippen LogP contribution in [-0.4, -0.2) is 70.3 Å². The third-order valence-electron chi connectivity index (χ3n) is 7.66. The molecule has 8 heteroatoms. The summed E-state index contributed by atoms with van der Waals surface area (Å²) in [7, 11) is 0. The molecule has 2 bridgehead atoms. The van der Waals surface area contributed by atoms with Crippen LogP contribution in [0.3, 0.4) is 0 Å². The van der Waals surface area contributed by atoms with Gasteiger partial charge in [0.2, 0.25) is 11.8 Å². The van der Waals surface area contributed by atoms with Gasteiger partial charge in [-0.1, -0.05) is 13.0 Å². The fourth-order valence-corrected chi connectivity index (χ4v) is 6.21. The van der Waals surface area contributed by atoms with Crippen LogP contribution in [0, 0.1) is 28.6 Å². The molecule has 0 spiro atoms. The highest BCUT2D eigenvalue weighted by Crippen LogP contribution is 2.44. The number of likely N-dealkylation sites (tertiary alicyclic amines) is 3. The standard InChI is InChI=1S/C24H28N6O2/c1-14-6-17(10-26)29(11-14)23(31)20(27)13-28-12-18-8-22(28)24(32)30(18)21-5-3-16-7-15(9-25)2-4-19(16)21/h2,4,7,14,17-18,20-22H,3,5-6,8,11-13,27H2,1H3/t14?,17?,18-,20?,21-,22?/m0/s1. The molecule has 1 aromatic rings. The molecular formula is C24H28N6O2. The molecule has 3 saturated heterocycles. The predicted molar refractivity (Wildman–Crippen MR) is 116 cm³/mol. The summed E-state index contributed by atoms with van der Waals surface area (Å²) in [5, 5.41) is 18.5. The Morgan fingerprint density at radius 1 is 1.25 bits per heavy atom. The van der Waals surface area contributed by atoms with Crippen LogP contribution in [0.4, 0.5) is 0 Å². The average Bonchev–Trinajstić information content (AvgIpc) is 3.54. The number of carbonyl (C=O) groups is 2. The second-order valence-electron chi connectivity index (χ2n) is 9.77. The molecule has 0 aromatic heterocycles. The molecule has 8 nitrogen and oxygen atoms in total. The fourth-order valence-electron chi connectivity index (χ4n) is 6.21. The van der Waals surface area contributed by atoms with E-state index in [1.165, 1.54) is 5.56 Å². The lowest BCUT2D eigenvalue weighted by atomic mass is 10.0. The van der Waals surface area contributed by atoms with Crippen molar-refractivity contribution < 1.29 is 9.59 Å². The zero-order chi connectivity index (χ0) is 22.6. The van der Waals surface area contributed by atoms with Gasteiger partial charge in [0.25, 0.3) is 0 Å². The number of hydrogen-bond acceptors (Lipinski definition) is 6. The number of amides is 2. The summed E-state index contributed by atoms with van der Waals surface area (Å²) in [5.74, 6) is 0.228. The molecule has 4 unspecified atom stereocenters.